The van der Waals surface area contributed by atoms with E-state index in [0.29, 0.717) is 18.2 Å². The fourth-order valence-electron chi connectivity index (χ4n) is 3.50. The molecule has 0 saturated carbocycles. The van der Waals surface area contributed by atoms with Gasteiger partial charge >= 0.3 is 0 Å². The maximum absolute atomic E-state index is 13.4. The summed E-state index contributed by atoms with van der Waals surface area (Å²) in [6.07, 6.45) is 0. The Labute approximate surface area is 207 Å². The van der Waals surface area contributed by atoms with E-state index in [1.807, 2.05) is 18.2 Å². The summed E-state index contributed by atoms with van der Waals surface area (Å²) in [5, 5.41) is 2.87. The zero-order chi connectivity index (χ0) is 24.6. The van der Waals surface area contributed by atoms with E-state index in [2.05, 4.69) is 44.3 Å². The van der Waals surface area contributed by atoms with E-state index >= 15 is 0 Å². The minimum Gasteiger partial charge on any atom is -0.354 e. The maximum atomic E-state index is 13.4. The zero-order valence-electron chi connectivity index (χ0n) is 19.9. The topological polar surface area (TPSA) is 66.5 Å². The van der Waals surface area contributed by atoms with Gasteiger partial charge in [0.25, 0.3) is 10.0 Å². The number of aryl methyl sites for hydroxylation is 1. The van der Waals surface area contributed by atoms with Crippen LogP contribution < -0.4 is 9.62 Å². The van der Waals surface area contributed by atoms with Crippen LogP contribution in [-0.2, 0) is 20.6 Å². The molecule has 0 spiro atoms. The van der Waals surface area contributed by atoms with E-state index in [1.165, 1.54) is 15.4 Å². The van der Waals surface area contributed by atoms with Crippen molar-refractivity contribution in [1.29, 1.82) is 0 Å². The van der Waals surface area contributed by atoms with Crippen molar-refractivity contribution in [1.82, 2.24) is 5.32 Å². The van der Waals surface area contributed by atoms with E-state index < -0.39 is 10.0 Å². The Bertz CT molecular complexity index is 1180. The van der Waals surface area contributed by atoms with Gasteiger partial charge in [-0.15, -0.1) is 0 Å². The number of benzene rings is 3. The van der Waals surface area contributed by atoms with Crippen LogP contribution in [-0.4, -0.2) is 33.2 Å². The van der Waals surface area contributed by atoms with Crippen molar-refractivity contribution in [2.75, 3.05) is 23.1 Å². The first-order valence-electron chi connectivity index (χ1n) is 11.3. The van der Waals surface area contributed by atoms with Crippen LogP contribution in [0.25, 0.3) is 0 Å². The van der Waals surface area contributed by atoms with Crippen LogP contribution in [0.4, 0.5) is 5.69 Å². The lowest BCUT2D eigenvalue weighted by molar-refractivity contribution is -0.119. The van der Waals surface area contributed by atoms with Crippen LogP contribution >= 0.6 is 11.8 Å². The molecule has 1 amide bonds. The lowest BCUT2D eigenvalue weighted by Gasteiger charge is -2.24. The summed E-state index contributed by atoms with van der Waals surface area (Å²) < 4.78 is 28.0. The van der Waals surface area contributed by atoms with Gasteiger partial charge in [-0.1, -0.05) is 74.0 Å². The molecule has 180 valence electrons. The normalized spacial score (nSPS) is 11.4. The van der Waals surface area contributed by atoms with Crippen molar-refractivity contribution >= 4 is 33.4 Å². The summed E-state index contributed by atoms with van der Waals surface area (Å²) in [5.41, 5.74) is 4.06. The fraction of sp³-hybridized carbons (Fsp3) is 0.296. The first kappa shape index (κ1) is 25.8. The van der Waals surface area contributed by atoms with Crippen molar-refractivity contribution in [2.24, 2.45) is 0 Å². The second kappa shape index (κ2) is 12.1. The minimum atomic E-state index is -3.89. The fourth-order valence-corrected chi connectivity index (χ4v) is 5.75. The van der Waals surface area contributed by atoms with Crippen molar-refractivity contribution in [3.63, 3.8) is 0 Å². The highest BCUT2D eigenvalue weighted by Crippen LogP contribution is 2.25. The molecule has 7 heteroatoms. The third-order valence-corrected chi connectivity index (χ3v) is 8.20. The van der Waals surface area contributed by atoms with Crippen LogP contribution in [0.3, 0.4) is 0 Å². The smallest absolute Gasteiger partial charge is 0.264 e. The third kappa shape index (κ3) is 7.11. The average molecular weight is 497 g/mol. The van der Waals surface area contributed by atoms with Gasteiger partial charge in [0.15, 0.2) is 0 Å². The molecule has 0 bridgehead atoms. The molecule has 0 aliphatic carbocycles. The van der Waals surface area contributed by atoms with Gasteiger partial charge in [0.1, 0.15) is 6.54 Å². The van der Waals surface area contributed by atoms with Gasteiger partial charge in [-0.05, 0) is 48.2 Å². The molecule has 0 aromatic heterocycles. The second-order valence-electron chi connectivity index (χ2n) is 8.46. The van der Waals surface area contributed by atoms with E-state index in [4.69, 9.17) is 0 Å². The predicted molar refractivity (Wildman–Crippen MR) is 142 cm³/mol. The maximum Gasteiger partial charge on any atom is 0.264 e. The van der Waals surface area contributed by atoms with Gasteiger partial charge in [0, 0.05) is 18.1 Å². The molecular formula is C27H32N2O3S2. The Morgan fingerprint density at radius 3 is 2.32 bits per heavy atom. The van der Waals surface area contributed by atoms with Crippen LogP contribution in [0.1, 0.15) is 36.5 Å². The number of hydrogen-bond acceptors (Lipinski definition) is 4. The van der Waals surface area contributed by atoms with Gasteiger partial charge in [-0.25, -0.2) is 8.42 Å². The molecule has 1 N–H and O–H groups in total. The van der Waals surface area contributed by atoms with E-state index in [9.17, 15) is 13.2 Å². The molecule has 0 atom stereocenters. The highest BCUT2D eigenvalue weighted by Gasteiger charge is 2.27. The summed E-state index contributed by atoms with van der Waals surface area (Å²) in [4.78, 5) is 12.9. The monoisotopic (exact) mass is 496 g/mol. The molecule has 0 aliphatic rings. The molecule has 0 saturated heterocycles. The summed E-state index contributed by atoms with van der Waals surface area (Å²) in [6.45, 7) is 6.43. The van der Waals surface area contributed by atoms with E-state index in [1.54, 1.807) is 54.2 Å². The van der Waals surface area contributed by atoms with E-state index in [-0.39, 0.29) is 17.3 Å². The molecule has 5 nitrogen and oxygen atoms in total. The van der Waals surface area contributed by atoms with Crippen molar-refractivity contribution in [2.45, 2.75) is 37.3 Å². The quantitative estimate of drug-likeness (QED) is 0.363. The molecule has 0 aliphatic heterocycles. The van der Waals surface area contributed by atoms with Crippen LogP contribution in [0.2, 0.25) is 0 Å². The average Bonchev–Trinajstić information content (AvgIpc) is 2.83. The number of carbonyl (C=O) groups excluding carboxylic acids is 1. The number of sulfonamides is 1. The number of thioether (sulfide) groups is 1. The molecule has 3 aromatic carbocycles. The summed E-state index contributed by atoms with van der Waals surface area (Å²) >= 11 is 1.73. The Kier molecular flexibility index (Phi) is 9.19. The van der Waals surface area contributed by atoms with Gasteiger partial charge in [0.05, 0.1) is 10.6 Å². The minimum absolute atomic E-state index is 0.157. The Morgan fingerprint density at radius 2 is 1.68 bits per heavy atom. The van der Waals surface area contributed by atoms with Gasteiger partial charge < -0.3 is 5.32 Å². The largest absolute Gasteiger partial charge is 0.354 e. The Balaban J connectivity index is 1.65. The van der Waals surface area contributed by atoms with Crippen LogP contribution in [0.5, 0.6) is 0 Å². The van der Waals surface area contributed by atoms with Crippen molar-refractivity contribution in [3.05, 3.63) is 95.6 Å². The van der Waals surface area contributed by atoms with E-state index in [0.717, 1.165) is 17.1 Å². The summed E-state index contributed by atoms with van der Waals surface area (Å²) in [5.74, 6) is 1.61. The second-order valence-corrected chi connectivity index (χ2v) is 11.4. The summed E-state index contributed by atoms with van der Waals surface area (Å²) in [6, 6.07) is 23.9. The van der Waals surface area contributed by atoms with Crippen LogP contribution in [0, 0.1) is 6.92 Å². The SMILES string of the molecule is Cc1cccc(CSCCNC(=O)CN(c2ccc(C(C)C)cc2)S(=O)(=O)c2ccccc2)c1. The van der Waals surface area contributed by atoms with Gasteiger partial charge in [-0.2, -0.15) is 11.8 Å². The molecule has 0 fully saturated rings. The Hall–Kier alpha value is -2.77. The van der Waals surface area contributed by atoms with Crippen molar-refractivity contribution in [3.8, 4) is 0 Å². The molecule has 3 aromatic rings. The van der Waals surface area contributed by atoms with Gasteiger partial charge in [-0.3, -0.25) is 9.10 Å². The third-order valence-electron chi connectivity index (χ3n) is 5.39. The lowest BCUT2D eigenvalue weighted by Crippen LogP contribution is -2.41. The zero-order valence-corrected chi connectivity index (χ0v) is 21.5. The number of rotatable bonds is 11. The summed E-state index contributed by atoms with van der Waals surface area (Å²) in [7, 11) is -3.89. The molecular weight excluding hydrogens is 464 g/mol. The number of carbonyl (C=O) groups is 1. The Morgan fingerprint density at radius 1 is 0.971 bits per heavy atom. The molecule has 3 rings (SSSR count). The number of nitrogens with one attached hydrogen (secondary N) is 1. The first-order valence-corrected chi connectivity index (χ1v) is 13.9. The molecule has 0 heterocycles. The molecule has 34 heavy (non-hydrogen) atoms. The number of hydrogen-bond donors (Lipinski definition) is 1. The molecule has 0 unspecified atom stereocenters. The number of anilines is 1. The first-order chi connectivity index (χ1) is 16.3. The standard InChI is InChI=1S/C27H32N2O3S2/c1-21(2)24-12-14-25(15-13-24)29(34(31,32)26-10-5-4-6-11-26)19-27(30)28-16-17-33-20-23-9-7-8-22(3)18-23/h4-15,18,21H,16-17,19-20H2,1-3H3,(H,28,30). The number of nitrogens with zero attached hydrogens (tertiary/aromatic N) is 1. The highest BCUT2D eigenvalue weighted by molar-refractivity contribution is 7.98. The van der Waals surface area contributed by atoms with Gasteiger partial charge in [0.2, 0.25) is 5.91 Å². The number of amides is 1. The van der Waals surface area contributed by atoms with Crippen molar-refractivity contribution < 1.29 is 13.2 Å². The molecule has 0 radical (unpaired) electrons. The highest BCUT2D eigenvalue weighted by atomic mass is 32.2. The van der Waals surface area contributed by atoms with Crippen LogP contribution in [0.15, 0.2) is 83.8 Å². The predicted octanol–water partition coefficient (Wildman–Crippen LogP) is 5.36. The lowest BCUT2D eigenvalue weighted by atomic mass is 10.0.